The van der Waals surface area contributed by atoms with Gasteiger partial charge in [0.05, 0.1) is 11.9 Å². The highest BCUT2D eigenvalue weighted by Gasteiger charge is 2.31. The number of nitrogens with one attached hydrogen (secondary N) is 1. The highest BCUT2D eigenvalue weighted by molar-refractivity contribution is 5.49. The fourth-order valence-corrected chi connectivity index (χ4v) is 2.53. The van der Waals surface area contributed by atoms with Crippen LogP contribution < -0.4 is 10.1 Å². The first kappa shape index (κ1) is 12.9. The van der Waals surface area contributed by atoms with E-state index in [2.05, 4.69) is 30.2 Å². The van der Waals surface area contributed by atoms with Gasteiger partial charge in [0.15, 0.2) is 5.82 Å². The number of rotatable bonds is 3. The third-order valence-electron chi connectivity index (χ3n) is 3.41. The van der Waals surface area contributed by atoms with E-state index in [0.29, 0.717) is 12.2 Å². The van der Waals surface area contributed by atoms with Gasteiger partial charge in [0.2, 0.25) is 0 Å². The number of fused-ring (bicyclic) bond motifs is 1. The van der Waals surface area contributed by atoms with E-state index in [9.17, 15) is 4.39 Å². The monoisotopic (exact) mass is 272 g/mol. The number of hydrogen-bond acceptors (Lipinski definition) is 3. The van der Waals surface area contributed by atoms with Gasteiger partial charge in [-0.05, 0) is 25.5 Å². The molecular formula is C16H17FN2O. The van der Waals surface area contributed by atoms with Crippen LogP contribution in [0.2, 0.25) is 0 Å². The van der Waals surface area contributed by atoms with Crippen molar-refractivity contribution in [2.24, 2.45) is 0 Å². The number of anilines is 1. The van der Waals surface area contributed by atoms with E-state index >= 15 is 0 Å². The summed E-state index contributed by atoms with van der Waals surface area (Å²) in [7, 11) is 0. The molecule has 0 aliphatic carbocycles. The van der Waals surface area contributed by atoms with Crippen molar-refractivity contribution in [2.75, 3.05) is 5.32 Å². The molecule has 0 fully saturated rings. The molecule has 1 aromatic carbocycles. The molecule has 3 rings (SSSR count). The Labute approximate surface area is 117 Å². The Bertz CT molecular complexity index is 640. The fraction of sp³-hybridized carbons (Fsp3) is 0.312. The molecule has 2 aromatic rings. The molecule has 4 heteroatoms. The number of hydrogen-bond donors (Lipinski definition) is 1. The quantitative estimate of drug-likeness (QED) is 0.928. The van der Waals surface area contributed by atoms with Crippen LogP contribution in [0.5, 0.6) is 5.75 Å². The lowest BCUT2D eigenvalue weighted by molar-refractivity contribution is 0.137. The maximum Gasteiger partial charge on any atom is 0.164 e. The van der Waals surface area contributed by atoms with E-state index < -0.39 is 0 Å². The van der Waals surface area contributed by atoms with Gasteiger partial charge in [0.1, 0.15) is 11.4 Å². The van der Waals surface area contributed by atoms with E-state index in [4.69, 9.17) is 4.74 Å². The van der Waals surface area contributed by atoms with Crippen molar-refractivity contribution in [1.29, 1.82) is 0 Å². The van der Waals surface area contributed by atoms with Gasteiger partial charge in [0.25, 0.3) is 0 Å². The Hall–Kier alpha value is -2.10. The van der Waals surface area contributed by atoms with Gasteiger partial charge in [-0.3, -0.25) is 4.98 Å². The Kier molecular flexibility index (Phi) is 3.08. The van der Waals surface area contributed by atoms with Crippen molar-refractivity contribution in [3.8, 4) is 5.75 Å². The summed E-state index contributed by atoms with van der Waals surface area (Å²) in [6.07, 6.45) is 3.68. The third-order valence-corrected chi connectivity index (χ3v) is 3.41. The molecule has 1 aliphatic heterocycles. The number of ether oxygens (including phenoxy) is 1. The SMILES string of the molecule is CC1(C)Cc2cccc(CNc3ccncc3F)c2O1. The molecule has 1 aliphatic rings. The fourth-order valence-electron chi connectivity index (χ4n) is 2.53. The predicted molar refractivity (Wildman–Crippen MR) is 76.4 cm³/mol. The molecule has 1 N–H and O–H groups in total. The van der Waals surface area contributed by atoms with Crippen LogP contribution in [0.15, 0.2) is 36.7 Å². The zero-order valence-electron chi connectivity index (χ0n) is 11.6. The average molecular weight is 272 g/mol. The molecule has 20 heavy (non-hydrogen) atoms. The summed E-state index contributed by atoms with van der Waals surface area (Å²) in [5.41, 5.74) is 2.55. The maximum absolute atomic E-state index is 13.5. The van der Waals surface area contributed by atoms with E-state index in [1.165, 1.54) is 11.8 Å². The standard InChI is InChI=1S/C16H17FN2O/c1-16(2)8-11-4-3-5-12(15(11)20-16)9-19-14-6-7-18-10-13(14)17/h3-7,10H,8-9H2,1-2H3,(H,18,19). The van der Waals surface area contributed by atoms with Crippen LogP contribution in [0, 0.1) is 5.82 Å². The zero-order valence-corrected chi connectivity index (χ0v) is 11.6. The average Bonchev–Trinajstić information content (AvgIpc) is 2.72. The minimum atomic E-state index is -0.346. The third kappa shape index (κ3) is 2.46. The van der Waals surface area contributed by atoms with E-state index in [1.54, 1.807) is 12.3 Å². The number of benzene rings is 1. The first-order chi connectivity index (χ1) is 9.55. The Morgan fingerprint density at radius 1 is 1.35 bits per heavy atom. The first-order valence-corrected chi connectivity index (χ1v) is 6.68. The minimum absolute atomic E-state index is 0.166. The smallest absolute Gasteiger partial charge is 0.164 e. The van der Waals surface area contributed by atoms with Crippen molar-refractivity contribution in [3.05, 3.63) is 53.6 Å². The van der Waals surface area contributed by atoms with Gasteiger partial charge in [-0.2, -0.15) is 0 Å². The number of para-hydroxylation sites is 1. The Morgan fingerprint density at radius 2 is 2.20 bits per heavy atom. The maximum atomic E-state index is 13.5. The second-order valence-corrected chi connectivity index (χ2v) is 5.65. The molecule has 0 bridgehead atoms. The van der Waals surface area contributed by atoms with Crippen molar-refractivity contribution in [1.82, 2.24) is 4.98 Å². The molecule has 104 valence electrons. The molecule has 0 spiro atoms. The molecule has 2 heterocycles. The van der Waals surface area contributed by atoms with Crippen molar-refractivity contribution in [2.45, 2.75) is 32.4 Å². The highest BCUT2D eigenvalue weighted by Crippen LogP contribution is 2.37. The number of nitrogens with zero attached hydrogens (tertiary/aromatic N) is 1. The van der Waals surface area contributed by atoms with Gasteiger partial charge in [-0.25, -0.2) is 4.39 Å². The zero-order chi connectivity index (χ0) is 14.2. The summed E-state index contributed by atoms with van der Waals surface area (Å²) in [5.74, 6) is 0.584. The Balaban J connectivity index is 1.80. The van der Waals surface area contributed by atoms with Gasteiger partial charge < -0.3 is 10.1 Å². The topological polar surface area (TPSA) is 34.2 Å². The van der Waals surface area contributed by atoms with Crippen molar-refractivity contribution >= 4 is 5.69 Å². The van der Waals surface area contributed by atoms with Gasteiger partial charge >= 0.3 is 0 Å². The molecule has 0 atom stereocenters. The van der Waals surface area contributed by atoms with Gasteiger partial charge in [-0.15, -0.1) is 0 Å². The molecular weight excluding hydrogens is 255 g/mol. The first-order valence-electron chi connectivity index (χ1n) is 6.68. The summed E-state index contributed by atoms with van der Waals surface area (Å²) < 4.78 is 19.5. The lowest BCUT2D eigenvalue weighted by Crippen LogP contribution is -2.25. The lowest BCUT2D eigenvalue weighted by Gasteiger charge is -2.18. The van der Waals surface area contributed by atoms with Crippen LogP contribution in [0.4, 0.5) is 10.1 Å². The summed E-state index contributed by atoms with van der Waals surface area (Å²) >= 11 is 0. The van der Waals surface area contributed by atoms with Gasteiger partial charge in [0, 0.05) is 24.7 Å². The summed E-state index contributed by atoms with van der Waals surface area (Å²) in [5, 5.41) is 3.09. The summed E-state index contributed by atoms with van der Waals surface area (Å²) in [6, 6.07) is 7.74. The van der Waals surface area contributed by atoms with Crippen molar-refractivity contribution < 1.29 is 9.13 Å². The Morgan fingerprint density at radius 3 is 3.00 bits per heavy atom. The second kappa shape index (κ2) is 4.78. The van der Waals surface area contributed by atoms with Crippen LogP contribution in [0.3, 0.4) is 0 Å². The molecule has 0 amide bonds. The second-order valence-electron chi connectivity index (χ2n) is 5.65. The van der Waals surface area contributed by atoms with Crippen LogP contribution in [0.25, 0.3) is 0 Å². The largest absolute Gasteiger partial charge is 0.487 e. The summed E-state index contributed by atoms with van der Waals surface area (Å²) in [4.78, 5) is 3.74. The van der Waals surface area contributed by atoms with E-state index in [0.717, 1.165) is 17.7 Å². The predicted octanol–water partition coefficient (Wildman–Crippen LogP) is 3.55. The van der Waals surface area contributed by atoms with E-state index in [1.807, 2.05) is 12.1 Å². The van der Waals surface area contributed by atoms with Crippen LogP contribution in [0.1, 0.15) is 25.0 Å². The van der Waals surface area contributed by atoms with Gasteiger partial charge in [-0.1, -0.05) is 18.2 Å². The number of pyridine rings is 1. The van der Waals surface area contributed by atoms with E-state index in [-0.39, 0.29) is 11.4 Å². The minimum Gasteiger partial charge on any atom is -0.487 e. The lowest BCUT2D eigenvalue weighted by atomic mass is 10.0. The molecule has 0 radical (unpaired) electrons. The highest BCUT2D eigenvalue weighted by atomic mass is 19.1. The normalized spacial score (nSPS) is 15.6. The molecule has 0 saturated carbocycles. The molecule has 1 aromatic heterocycles. The van der Waals surface area contributed by atoms with Crippen molar-refractivity contribution in [3.63, 3.8) is 0 Å². The summed E-state index contributed by atoms with van der Waals surface area (Å²) in [6.45, 7) is 4.68. The molecule has 3 nitrogen and oxygen atoms in total. The number of aromatic nitrogens is 1. The van der Waals surface area contributed by atoms with Crippen LogP contribution in [-0.4, -0.2) is 10.6 Å². The number of halogens is 1. The molecule has 0 saturated heterocycles. The van der Waals surface area contributed by atoms with Crippen LogP contribution in [-0.2, 0) is 13.0 Å². The van der Waals surface area contributed by atoms with Crippen LogP contribution >= 0.6 is 0 Å². The molecule has 0 unspecified atom stereocenters.